The van der Waals surface area contributed by atoms with Gasteiger partial charge in [0.15, 0.2) is 0 Å². The van der Waals surface area contributed by atoms with E-state index in [9.17, 15) is 4.79 Å². The van der Waals surface area contributed by atoms with Gasteiger partial charge in [0, 0.05) is 12.1 Å². The van der Waals surface area contributed by atoms with Gasteiger partial charge in [-0.1, -0.05) is 30.3 Å². The van der Waals surface area contributed by atoms with Crippen molar-refractivity contribution in [1.29, 1.82) is 0 Å². The number of aromatic amines is 1. The fraction of sp³-hybridized carbons (Fsp3) is 0.333. The van der Waals surface area contributed by atoms with Gasteiger partial charge in [0.2, 0.25) is 0 Å². The number of carbonyl (C=O) groups is 1. The minimum Gasteiger partial charge on any atom is -0.455 e. The first-order valence-electron chi connectivity index (χ1n) is 8.38. The Morgan fingerprint density at radius 1 is 1.36 bits per heavy atom. The van der Waals surface area contributed by atoms with Crippen molar-refractivity contribution >= 4 is 5.97 Å². The molecule has 1 aliphatic rings. The Balaban J connectivity index is 1.49. The van der Waals surface area contributed by atoms with Crippen LogP contribution in [0.4, 0.5) is 0 Å². The van der Waals surface area contributed by atoms with Crippen molar-refractivity contribution in [2.45, 2.75) is 31.9 Å². The SMILES string of the molecule is O=C(O[C@H](Cn1cncn1)c1ccccc1)[C@H]1CCc2cn[nH]c2C1. The van der Waals surface area contributed by atoms with Crippen molar-refractivity contribution < 1.29 is 9.53 Å². The lowest BCUT2D eigenvalue weighted by molar-refractivity contribution is -0.155. The summed E-state index contributed by atoms with van der Waals surface area (Å²) in [6.07, 6.45) is 6.85. The minimum atomic E-state index is -0.390. The number of ether oxygens (including phenoxy) is 1. The molecule has 0 amide bonds. The molecule has 25 heavy (non-hydrogen) atoms. The molecular formula is C18H19N5O2. The first kappa shape index (κ1) is 15.6. The third-order valence-corrected chi connectivity index (χ3v) is 4.60. The van der Waals surface area contributed by atoms with Gasteiger partial charge in [0.25, 0.3) is 0 Å². The number of aryl methyl sites for hydroxylation is 1. The van der Waals surface area contributed by atoms with Crippen molar-refractivity contribution in [1.82, 2.24) is 25.0 Å². The van der Waals surface area contributed by atoms with E-state index in [0.717, 1.165) is 24.1 Å². The highest BCUT2D eigenvalue weighted by Crippen LogP contribution is 2.27. The van der Waals surface area contributed by atoms with Crippen LogP contribution in [-0.2, 0) is 28.9 Å². The number of benzene rings is 1. The normalized spacial score (nSPS) is 17.7. The highest BCUT2D eigenvalue weighted by atomic mass is 16.5. The standard InChI is InChI=1S/C18H19N5O2/c24-18(14-6-7-15-9-20-22-16(15)8-14)25-17(10-23-12-19-11-21-23)13-4-2-1-3-5-13/h1-5,9,11-12,14,17H,6-8,10H2,(H,20,22)/t14-,17+/m0/s1. The van der Waals surface area contributed by atoms with Crippen LogP contribution in [0.1, 0.15) is 29.3 Å². The molecule has 0 saturated carbocycles. The van der Waals surface area contributed by atoms with Crippen LogP contribution in [0.15, 0.2) is 49.2 Å². The van der Waals surface area contributed by atoms with E-state index < -0.39 is 6.10 Å². The first-order chi connectivity index (χ1) is 12.3. The number of esters is 1. The van der Waals surface area contributed by atoms with Gasteiger partial charge in [-0.2, -0.15) is 10.2 Å². The van der Waals surface area contributed by atoms with Crippen molar-refractivity contribution in [3.63, 3.8) is 0 Å². The molecule has 2 aromatic heterocycles. The highest BCUT2D eigenvalue weighted by Gasteiger charge is 2.29. The summed E-state index contributed by atoms with van der Waals surface area (Å²) in [5.74, 6) is -0.316. The minimum absolute atomic E-state index is 0.144. The van der Waals surface area contributed by atoms with Crippen LogP contribution < -0.4 is 0 Å². The smallest absolute Gasteiger partial charge is 0.310 e. The van der Waals surface area contributed by atoms with E-state index >= 15 is 0 Å². The number of H-pyrrole nitrogens is 1. The Kier molecular flexibility index (Phi) is 4.28. The Morgan fingerprint density at radius 3 is 3.04 bits per heavy atom. The molecule has 3 aromatic rings. The van der Waals surface area contributed by atoms with E-state index in [0.29, 0.717) is 13.0 Å². The number of nitrogens with zero attached hydrogens (tertiary/aromatic N) is 4. The largest absolute Gasteiger partial charge is 0.455 e. The van der Waals surface area contributed by atoms with Gasteiger partial charge in [-0.15, -0.1) is 0 Å². The van der Waals surface area contributed by atoms with Gasteiger partial charge in [0.05, 0.1) is 18.7 Å². The molecule has 7 nitrogen and oxygen atoms in total. The Hall–Kier alpha value is -2.96. The summed E-state index contributed by atoms with van der Waals surface area (Å²) in [5, 5.41) is 11.2. The lowest BCUT2D eigenvalue weighted by Crippen LogP contribution is -2.27. The van der Waals surface area contributed by atoms with Gasteiger partial charge in [-0.25, -0.2) is 9.67 Å². The first-order valence-corrected chi connectivity index (χ1v) is 8.38. The van der Waals surface area contributed by atoms with Crippen LogP contribution in [0.2, 0.25) is 0 Å². The number of fused-ring (bicyclic) bond motifs is 1. The van der Waals surface area contributed by atoms with Crippen LogP contribution >= 0.6 is 0 Å². The number of nitrogens with one attached hydrogen (secondary N) is 1. The molecule has 0 unspecified atom stereocenters. The third-order valence-electron chi connectivity index (χ3n) is 4.60. The molecule has 0 radical (unpaired) electrons. The topological polar surface area (TPSA) is 85.7 Å². The van der Waals surface area contributed by atoms with Gasteiger partial charge in [0.1, 0.15) is 18.8 Å². The number of rotatable bonds is 5. The molecule has 2 atom stereocenters. The zero-order valence-electron chi connectivity index (χ0n) is 13.7. The molecule has 1 aliphatic carbocycles. The second kappa shape index (κ2) is 6.88. The highest BCUT2D eigenvalue weighted by molar-refractivity contribution is 5.73. The lowest BCUT2D eigenvalue weighted by Gasteiger charge is -2.24. The average Bonchev–Trinajstić information content (AvgIpc) is 3.32. The van der Waals surface area contributed by atoms with Gasteiger partial charge in [-0.3, -0.25) is 9.89 Å². The van der Waals surface area contributed by atoms with E-state index in [1.165, 1.54) is 11.9 Å². The summed E-state index contributed by atoms with van der Waals surface area (Å²) in [5.41, 5.74) is 3.19. The average molecular weight is 337 g/mol. The molecule has 0 saturated heterocycles. The summed E-state index contributed by atoms with van der Waals surface area (Å²) >= 11 is 0. The molecule has 128 valence electrons. The number of hydrogen-bond acceptors (Lipinski definition) is 5. The van der Waals surface area contributed by atoms with Crippen molar-refractivity contribution in [3.8, 4) is 0 Å². The number of aromatic nitrogens is 5. The molecule has 2 heterocycles. The summed E-state index contributed by atoms with van der Waals surface area (Å²) in [7, 11) is 0. The van der Waals surface area contributed by atoms with E-state index in [4.69, 9.17) is 4.74 Å². The second-order valence-corrected chi connectivity index (χ2v) is 6.27. The van der Waals surface area contributed by atoms with E-state index in [2.05, 4.69) is 20.3 Å². The summed E-state index contributed by atoms with van der Waals surface area (Å²) in [4.78, 5) is 16.7. The molecule has 0 fully saturated rings. The maximum absolute atomic E-state index is 12.7. The van der Waals surface area contributed by atoms with E-state index in [1.807, 2.05) is 36.5 Å². The molecule has 1 aromatic carbocycles. The van der Waals surface area contributed by atoms with E-state index in [1.54, 1.807) is 11.0 Å². The van der Waals surface area contributed by atoms with Gasteiger partial charge < -0.3 is 4.74 Å². The fourth-order valence-corrected chi connectivity index (χ4v) is 3.22. The Morgan fingerprint density at radius 2 is 2.24 bits per heavy atom. The summed E-state index contributed by atoms with van der Waals surface area (Å²) in [6, 6.07) is 9.74. The van der Waals surface area contributed by atoms with Crippen molar-refractivity contribution in [2.75, 3.05) is 0 Å². The quantitative estimate of drug-likeness (QED) is 0.721. The van der Waals surface area contributed by atoms with Crippen LogP contribution in [0.3, 0.4) is 0 Å². The number of carbonyl (C=O) groups excluding carboxylic acids is 1. The number of hydrogen-bond donors (Lipinski definition) is 1. The van der Waals surface area contributed by atoms with Crippen LogP contribution in [0, 0.1) is 5.92 Å². The van der Waals surface area contributed by atoms with Gasteiger partial charge >= 0.3 is 5.97 Å². The summed E-state index contributed by atoms with van der Waals surface area (Å²) < 4.78 is 7.56. The fourth-order valence-electron chi connectivity index (χ4n) is 3.22. The molecule has 1 N–H and O–H groups in total. The zero-order chi connectivity index (χ0) is 17.1. The maximum Gasteiger partial charge on any atom is 0.310 e. The molecule has 4 rings (SSSR count). The van der Waals surface area contributed by atoms with Crippen LogP contribution in [0.5, 0.6) is 0 Å². The Bertz CT molecular complexity index is 828. The Labute approximate surface area is 145 Å². The lowest BCUT2D eigenvalue weighted by atomic mass is 9.88. The monoisotopic (exact) mass is 337 g/mol. The summed E-state index contributed by atoms with van der Waals surface area (Å²) in [6.45, 7) is 0.442. The molecular weight excluding hydrogens is 318 g/mol. The van der Waals surface area contributed by atoms with E-state index in [-0.39, 0.29) is 11.9 Å². The molecule has 0 aliphatic heterocycles. The molecule has 7 heteroatoms. The molecule has 0 spiro atoms. The van der Waals surface area contributed by atoms with Crippen molar-refractivity contribution in [3.05, 3.63) is 66.0 Å². The maximum atomic E-state index is 12.7. The van der Waals surface area contributed by atoms with Gasteiger partial charge in [-0.05, 0) is 24.0 Å². The predicted octanol–water partition coefficient (Wildman–Crippen LogP) is 2.09. The van der Waals surface area contributed by atoms with Crippen LogP contribution in [-0.4, -0.2) is 30.9 Å². The second-order valence-electron chi connectivity index (χ2n) is 6.27. The zero-order valence-corrected chi connectivity index (χ0v) is 13.7. The third kappa shape index (κ3) is 3.45. The van der Waals surface area contributed by atoms with Crippen LogP contribution in [0.25, 0.3) is 0 Å². The van der Waals surface area contributed by atoms with Crippen molar-refractivity contribution in [2.24, 2.45) is 5.92 Å². The molecule has 0 bridgehead atoms. The predicted molar refractivity (Wildman–Crippen MR) is 89.4 cm³/mol.